The highest BCUT2D eigenvalue weighted by molar-refractivity contribution is 5.90. The van der Waals surface area contributed by atoms with E-state index >= 15 is 0 Å². The molecular weight excluding hydrogens is 688 g/mol. The Bertz CT molecular complexity index is 1990. The van der Waals surface area contributed by atoms with Gasteiger partial charge in [-0.2, -0.15) is 0 Å². The molecule has 0 amide bonds. The predicted molar refractivity (Wildman–Crippen MR) is 209 cm³/mol. The fourth-order valence-corrected chi connectivity index (χ4v) is 5.70. The minimum absolute atomic E-state index is 0.253. The molecule has 54 heavy (non-hydrogen) atoms. The zero-order valence-electron chi connectivity index (χ0n) is 33.2. The molecule has 1 unspecified atom stereocenters. The van der Waals surface area contributed by atoms with E-state index in [1.54, 1.807) is 93.5 Å². The number of fused-ring (bicyclic) bond motifs is 4. The third kappa shape index (κ3) is 12.0. The monoisotopic (exact) mass is 740 g/mol. The van der Waals surface area contributed by atoms with E-state index in [2.05, 4.69) is 6.58 Å². The van der Waals surface area contributed by atoms with Gasteiger partial charge in [-0.15, -0.1) is 0 Å². The second-order valence-electron chi connectivity index (χ2n) is 15.9. The summed E-state index contributed by atoms with van der Waals surface area (Å²) in [6.07, 6.45) is 5.31. The third-order valence-corrected chi connectivity index (χ3v) is 7.78. The molecule has 0 saturated carbocycles. The molecule has 10 nitrogen and oxygen atoms in total. The molecule has 0 saturated heterocycles. The van der Waals surface area contributed by atoms with Gasteiger partial charge in [-0.05, 0) is 158 Å². The summed E-state index contributed by atoms with van der Waals surface area (Å²) in [6.45, 7) is 24.3. The van der Waals surface area contributed by atoms with E-state index in [1.165, 1.54) is 0 Å². The maximum atomic E-state index is 12.7. The first-order valence-corrected chi connectivity index (χ1v) is 17.9. The minimum Gasteiger partial charge on any atom is -0.489 e. The van der Waals surface area contributed by atoms with E-state index in [1.807, 2.05) is 55.5 Å². The molecule has 0 aliphatic carbocycles. The second-order valence-corrected chi connectivity index (χ2v) is 15.9. The summed E-state index contributed by atoms with van der Waals surface area (Å²) in [7, 11) is 0. The minimum atomic E-state index is -0.829. The van der Waals surface area contributed by atoms with Crippen molar-refractivity contribution in [3.8, 4) is 17.2 Å². The Balaban J connectivity index is 1.87. The summed E-state index contributed by atoms with van der Waals surface area (Å²) in [5.41, 5.74) is 1.59. The van der Waals surface area contributed by atoms with Crippen molar-refractivity contribution in [3.63, 3.8) is 0 Å². The number of carbonyl (C=O) groups excluding carboxylic acids is 3. The van der Waals surface area contributed by atoms with Crippen LogP contribution in [0, 0.1) is 0 Å². The molecule has 0 bridgehead atoms. The molecular formula is C44H52O10. The maximum absolute atomic E-state index is 12.7. The van der Waals surface area contributed by atoms with Crippen LogP contribution in [0.1, 0.15) is 98.8 Å². The fourth-order valence-electron chi connectivity index (χ4n) is 5.70. The van der Waals surface area contributed by atoms with E-state index in [0.717, 1.165) is 27.5 Å². The van der Waals surface area contributed by atoms with E-state index in [9.17, 15) is 14.4 Å². The van der Waals surface area contributed by atoms with Crippen molar-refractivity contribution in [2.45, 2.75) is 105 Å². The van der Waals surface area contributed by atoms with Gasteiger partial charge in [-0.25, -0.2) is 14.4 Å². The number of carbonyl (C=O) groups is 3. The van der Waals surface area contributed by atoms with E-state index < -0.39 is 41.2 Å². The number of hydrogen-bond donors (Lipinski definition) is 0. The Morgan fingerprint density at radius 3 is 1.93 bits per heavy atom. The number of allylic oxidation sites excluding steroid dienone is 4. The van der Waals surface area contributed by atoms with Gasteiger partial charge in [-0.3, -0.25) is 0 Å². The van der Waals surface area contributed by atoms with E-state index in [0.29, 0.717) is 34.8 Å². The van der Waals surface area contributed by atoms with Crippen LogP contribution in [0.3, 0.4) is 0 Å². The highest BCUT2D eigenvalue weighted by atomic mass is 16.7. The number of rotatable bonds is 6. The Hall–Kier alpha value is -5.51. The van der Waals surface area contributed by atoms with Gasteiger partial charge in [0, 0.05) is 11.5 Å². The molecule has 1 aliphatic rings. The smallest absolute Gasteiger partial charge is 0.489 e. The van der Waals surface area contributed by atoms with Crippen LogP contribution >= 0.6 is 0 Å². The maximum Gasteiger partial charge on any atom is 0.514 e. The van der Waals surface area contributed by atoms with Gasteiger partial charge in [0.1, 0.15) is 46.4 Å². The average Bonchev–Trinajstić information content (AvgIpc) is 3.02. The number of hydrogen-bond acceptors (Lipinski definition) is 10. The standard InChI is InChI=1S/C44H52O10/c1-13-36(51-41(47)54-44(10,11)12)28(3)23-27(2)34-25-31-24-32(49-39(45)52-42(4,5)6)19-16-29(31)15-14-22-48-37-21-18-30-17-20-33(26-35(30)38(34)37)50-40(46)53-43(7,8)9/h13-21,23-24,26,34H,2,22,25H2,1,3-12H3/b15-14-,28-23-,36-13-. The van der Waals surface area contributed by atoms with Crippen LogP contribution in [0.15, 0.2) is 90.2 Å². The molecule has 1 aliphatic heterocycles. The summed E-state index contributed by atoms with van der Waals surface area (Å²) in [4.78, 5) is 38.0. The summed E-state index contributed by atoms with van der Waals surface area (Å²) in [6, 6.07) is 14.6. The quantitative estimate of drug-likeness (QED) is 0.0795. The molecule has 3 aromatic rings. The van der Waals surface area contributed by atoms with Gasteiger partial charge < -0.3 is 33.2 Å². The SMILES string of the molecule is C=C(/C=C(C)\C(=C\C)OC(=O)OC(C)(C)C)C1Cc2cc(OC(=O)OC(C)(C)C)ccc2/C=C\COc2ccc3ccc(OC(=O)OC(C)(C)C)cc3c21. The summed E-state index contributed by atoms with van der Waals surface area (Å²) in [5, 5.41) is 1.62. The van der Waals surface area contributed by atoms with Crippen molar-refractivity contribution in [1.82, 2.24) is 0 Å². The summed E-state index contributed by atoms with van der Waals surface area (Å²) < 4.78 is 39.5. The largest absolute Gasteiger partial charge is 0.514 e. The van der Waals surface area contributed by atoms with Gasteiger partial charge in [0.25, 0.3) is 0 Å². The summed E-state index contributed by atoms with van der Waals surface area (Å²) in [5.74, 6) is 1.04. The molecule has 0 radical (unpaired) electrons. The van der Waals surface area contributed by atoms with Crippen LogP contribution in [-0.4, -0.2) is 41.9 Å². The summed E-state index contributed by atoms with van der Waals surface area (Å²) >= 11 is 0. The first-order valence-electron chi connectivity index (χ1n) is 17.9. The first-order chi connectivity index (χ1) is 25.1. The predicted octanol–water partition coefficient (Wildman–Crippen LogP) is 11.6. The molecule has 1 atom stereocenters. The molecule has 10 heteroatoms. The molecule has 0 N–H and O–H groups in total. The number of benzene rings is 3. The Morgan fingerprint density at radius 2 is 1.33 bits per heavy atom. The zero-order chi connectivity index (χ0) is 40.0. The van der Waals surface area contributed by atoms with Gasteiger partial charge in [-0.1, -0.05) is 36.9 Å². The van der Waals surface area contributed by atoms with Crippen LogP contribution in [0.25, 0.3) is 16.8 Å². The lowest BCUT2D eigenvalue weighted by molar-refractivity contribution is 0.00706. The van der Waals surface area contributed by atoms with Crippen molar-refractivity contribution in [2.24, 2.45) is 0 Å². The molecule has 0 spiro atoms. The molecule has 288 valence electrons. The lowest BCUT2D eigenvalue weighted by Gasteiger charge is -2.26. The average molecular weight is 741 g/mol. The lowest BCUT2D eigenvalue weighted by atomic mass is 9.81. The van der Waals surface area contributed by atoms with Crippen LogP contribution < -0.4 is 14.2 Å². The molecule has 0 fully saturated rings. The fraction of sp³-hybridized carbons (Fsp3) is 0.386. The zero-order valence-corrected chi connectivity index (χ0v) is 33.2. The van der Waals surface area contributed by atoms with Crippen LogP contribution in [0.2, 0.25) is 0 Å². The molecule has 3 aromatic carbocycles. The van der Waals surface area contributed by atoms with Crippen molar-refractivity contribution in [2.75, 3.05) is 6.61 Å². The van der Waals surface area contributed by atoms with Crippen LogP contribution in [-0.2, 0) is 25.4 Å². The Kier molecular flexibility index (Phi) is 12.7. The van der Waals surface area contributed by atoms with Gasteiger partial charge in [0.15, 0.2) is 0 Å². The normalized spacial score (nSPS) is 15.8. The lowest BCUT2D eigenvalue weighted by Crippen LogP contribution is -2.26. The topological polar surface area (TPSA) is 116 Å². The molecule has 0 aromatic heterocycles. The first kappa shape index (κ1) is 41.2. The highest BCUT2D eigenvalue weighted by Crippen LogP contribution is 2.43. The van der Waals surface area contributed by atoms with E-state index in [4.69, 9.17) is 33.2 Å². The Morgan fingerprint density at radius 1 is 0.778 bits per heavy atom. The molecule has 1 heterocycles. The van der Waals surface area contributed by atoms with Crippen molar-refractivity contribution >= 4 is 35.3 Å². The van der Waals surface area contributed by atoms with Crippen molar-refractivity contribution in [3.05, 3.63) is 107 Å². The third-order valence-electron chi connectivity index (χ3n) is 7.78. The van der Waals surface area contributed by atoms with Crippen molar-refractivity contribution in [1.29, 1.82) is 0 Å². The second kappa shape index (κ2) is 16.7. The van der Waals surface area contributed by atoms with E-state index in [-0.39, 0.29) is 12.4 Å². The highest BCUT2D eigenvalue weighted by Gasteiger charge is 2.27. The van der Waals surface area contributed by atoms with Crippen LogP contribution in [0.5, 0.6) is 17.2 Å². The number of ether oxygens (including phenoxy) is 7. The van der Waals surface area contributed by atoms with Gasteiger partial charge in [0.2, 0.25) is 0 Å². The Labute approximate surface area is 318 Å². The molecule has 4 rings (SSSR count). The van der Waals surface area contributed by atoms with Gasteiger partial charge >= 0.3 is 18.5 Å². The van der Waals surface area contributed by atoms with Crippen molar-refractivity contribution < 1.29 is 47.5 Å². The van der Waals surface area contributed by atoms with Gasteiger partial charge in [0.05, 0.1) is 0 Å². The van der Waals surface area contributed by atoms with Crippen LogP contribution in [0.4, 0.5) is 14.4 Å².